The summed E-state index contributed by atoms with van der Waals surface area (Å²) in [5.74, 6) is 0.112. The quantitative estimate of drug-likeness (QED) is 0.850. The van der Waals surface area contributed by atoms with Gasteiger partial charge in [-0.3, -0.25) is 0 Å². The largest absolute Gasteiger partial charge is 0.466 e. The Labute approximate surface area is 92.3 Å². The summed E-state index contributed by atoms with van der Waals surface area (Å²) in [7, 11) is 1.42. The van der Waals surface area contributed by atoms with Gasteiger partial charge in [0.2, 0.25) is 5.69 Å². The first-order valence-corrected chi connectivity index (χ1v) is 4.60. The van der Waals surface area contributed by atoms with Gasteiger partial charge in [-0.2, -0.15) is 10.2 Å². The topological polar surface area (TPSA) is 71.1 Å². The maximum absolute atomic E-state index is 8.75. The molecule has 1 N–H and O–H groups in total. The van der Waals surface area contributed by atoms with Crippen molar-refractivity contribution in [1.29, 1.82) is 5.26 Å². The number of methoxy groups -OCH3 is 1. The van der Waals surface area contributed by atoms with Crippen molar-refractivity contribution in [1.82, 2.24) is 4.98 Å². The Balaban J connectivity index is 2.23. The number of aromatic nitrogens is 1. The molecule has 0 atom stereocenters. The summed E-state index contributed by atoms with van der Waals surface area (Å²) in [6, 6.07) is 11.5. The van der Waals surface area contributed by atoms with Crippen molar-refractivity contribution in [3.05, 3.63) is 36.0 Å². The molecule has 0 aliphatic carbocycles. The summed E-state index contributed by atoms with van der Waals surface area (Å²) >= 11 is 0. The van der Waals surface area contributed by atoms with Crippen LogP contribution >= 0.6 is 0 Å². The minimum absolute atomic E-state index is 0.112. The van der Waals surface area contributed by atoms with Crippen LogP contribution in [0.2, 0.25) is 0 Å². The molecule has 0 unspecified atom stereocenters. The predicted octanol–water partition coefficient (Wildman–Crippen LogP) is 2.30. The second-order valence-corrected chi connectivity index (χ2v) is 2.96. The summed E-state index contributed by atoms with van der Waals surface area (Å²) in [6.45, 7) is 0. The minimum atomic E-state index is 0.112. The van der Waals surface area contributed by atoms with Crippen LogP contribution in [0.15, 0.2) is 34.7 Å². The molecule has 0 saturated heterocycles. The first-order valence-electron chi connectivity index (χ1n) is 4.60. The SMILES string of the molecule is COc1oc(Nc2ccccc2)nc1C#N. The van der Waals surface area contributed by atoms with Crippen molar-refractivity contribution in [3.63, 3.8) is 0 Å². The van der Waals surface area contributed by atoms with Crippen LogP contribution in [-0.4, -0.2) is 12.1 Å². The zero-order chi connectivity index (χ0) is 11.4. The molecule has 0 fully saturated rings. The number of benzene rings is 1. The highest BCUT2D eigenvalue weighted by atomic mass is 16.6. The molecular weight excluding hydrogens is 206 g/mol. The van der Waals surface area contributed by atoms with Crippen molar-refractivity contribution < 1.29 is 9.15 Å². The third-order valence-electron chi connectivity index (χ3n) is 1.91. The second kappa shape index (κ2) is 4.36. The molecule has 5 nitrogen and oxygen atoms in total. The van der Waals surface area contributed by atoms with Crippen molar-refractivity contribution in [2.45, 2.75) is 0 Å². The van der Waals surface area contributed by atoms with E-state index in [1.807, 2.05) is 36.4 Å². The zero-order valence-electron chi connectivity index (χ0n) is 8.60. The van der Waals surface area contributed by atoms with Crippen LogP contribution in [0, 0.1) is 11.3 Å². The van der Waals surface area contributed by atoms with E-state index in [0.29, 0.717) is 0 Å². The number of ether oxygens (including phenoxy) is 1. The van der Waals surface area contributed by atoms with E-state index < -0.39 is 0 Å². The Kier molecular flexibility index (Phi) is 2.74. The van der Waals surface area contributed by atoms with Crippen LogP contribution < -0.4 is 10.1 Å². The Morgan fingerprint density at radius 3 is 2.69 bits per heavy atom. The van der Waals surface area contributed by atoms with Gasteiger partial charge in [0.05, 0.1) is 7.11 Å². The summed E-state index contributed by atoms with van der Waals surface area (Å²) in [4.78, 5) is 3.93. The highest BCUT2D eigenvalue weighted by Gasteiger charge is 2.12. The van der Waals surface area contributed by atoms with Crippen LogP contribution in [-0.2, 0) is 0 Å². The second-order valence-electron chi connectivity index (χ2n) is 2.96. The van der Waals surface area contributed by atoms with Gasteiger partial charge in [0.1, 0.15) is 6.07 Å². The number of rotatable bonds is 3. The molecule has 5 heteroatoms. The maximum Gasteiger partial charge on any atom is 0.325 e. The normalized spacial score (nSPS) is 9.50. The summed E-state index contributed by atoms with van der Waals surface area (Å²) in [5, 5.41) is 11.7. The molecule has 0 amide bonds. The highest BCUT2D eigenvalue weighted by molar-refractivity contribution is 5.53. The number of hydrogen-bond donors (Lipinski definition) is 1. The van der Waals surface area contributed by atoms with Gasteiger partial charge in [0.25, 0.3) is 0 Å². The molecular formula is C11H9N3O2. The first kappa shape index (κ1) is 10.1. The van der Waals surface area contributed by atoms with Gasteiger partial charge in [0, 0.05) is 5.69 Å². The van der Waals surface area contributed by atoms with E-state index in [1.54, 1.807) is 0 Å². The Morgan fingerprint density at radius 1 is 1.38 bits per heavy atom. The predicted molar refractivity (Wildman–Crippen MR) is 57.5 cm³/mol. The Hall–Kier alpha value is -2.48. The van der Waals surface area contributed by atoms with Crippen molar-refractivity contribution in [2.75, 3.05) is 12.4 Å². The van der Waals surface area contributed by atoms with Crippen LogP contribution in [0.1, 0.15) is 5.69 Å². The number of anilines is 2. The number of para-hydroxylation sites is 1. The lowest BCUT2D eigenvalue weighted by atomic mass is 10.3. The molecule has 2 aromatic rings. The van der Waals surface area contributed by atoms with Gasteiger partial charge in [-0.25, -0.2) is 0 Å². The van der Waals surface area contributed by atoms with Crippen molar-refractivity contribution >= 4 is 11.7 Å². The zero-order valence-corrected chi connectivity index (χ0v) is 8.60. The lowest BCUT2D eigenvalue weighted by Gasteiger charge is -1.99. The third-order valence-corrected chi connectivity index (χ3v) is 1.91. The molecule has 0 radical (unpaired) electrons. The van der Waals surface area contributed by atoms with Crippen molar-refractivity contribution in [2.24, 2.45) is 0 Å². The molecule has 0 spiro atoms. The molecule has 0 aliphatic heterocycles. The van der Waals surface area contributed by atoms with Crippen LogP contribution in [0.25, 0.3) is 0 Å². The smallest absolute Gasteiger partial charge is 0.325 e. The highest BCUT2D eigenvalue weighted by Crippen LogP contribution is 2.24. The number of oxazole rings is 1. The molecule has 80 valence electrons. The summed E-state index contributed by atoms with van der Waals surface area (Å²) in [6.07, 6.45) is 0. The van der Waals surface area contributed by atoms with E-state index in [-0.39, 0.29) is 17.7 Å². The number of nitrogens with zero attached hydrogens (tertiary/aromatic N) is 2. The molecule has 1 aromatic carbocycles. The summed E-state index contributed by atoms with van der Waals surface area (Å²) in [5.41, 5.74) is 0.955. The van der Waals surface area contributed by atoms with Gasteiger partial charge in [-0.05, 0) is 12.1 Å². The van der Waals surface area contributed by atoms with Crippen LogP contribution in [0.3, 0.4) is 0 Å². The van der Waals surface area contributed by atoms with E-state index in [2.05, 4.69) is 10.3 Å². The van der Waals surface area contributed by atoms with Gasteiger partial charge in [0.15, 0.2) is 0 Å². The molecule has 1 heterocycles. The maximum atomic E-state index is 8.75. The molecule has 0 aliphatic rings. The molecule has 16 heavy (non-hydrogen) atoms. The minimum Gasteiger partial charge on any atom is -0.466 e. The molecule has 2 rings (SSSR count). The number of nitrogens with one attached hydrogen (secondary N) is 1. The summed E-state index contributed by atoms with van der Waals surface area (Å²) < 4.78 is 10.1. The third kappa shape index (κ3) is 1.96. The Morgan fingerprint density at radius 2 is 2.12 bits per heavy atom. The first-order chi connectivity index (χ1) is 7.83. The average molecular weight is 215 g/mol. The van der Waals surface area contributed by atoms with E-state index >= 15 is 0 Å². The van der Waals surface area contributed by atoms with Gasteiger partial charge in [-0.1, -0.05) is 18.2 Å². The van der Waals surface area contributed by atoms with Gasteiger partial charge >= 0.3 is 12.0 Å². The van der Waals surface area contributed by atoms with Crippen molar-refractivity contribution in [3.8, 4) is 12.0 Å². The lowest BCUT2D eigenvalue weighted by molar-refractivity contribution is 0.309. The van der Waals surface area contributed by atoms with E-state index in [4.69, 9.17) is 14.4 Å². The fourth-order valence-electron chi connectivity index (χ4n) is 1.21. The van der Waals surface area contributed by atoms with E-state index in [9.17, 15) is 0 Å². The van der Waals surface area contributed by atoms with Gasteiger partial charge < -0.3 is 14.5 Å². The van der Waals surface area contributed by atoms with E-state index in [1.165, 1.54) is 7.11 Å². The fourth-order valence-corrected chi connectivity index (χ4v) is 1.21. The fraction of sp³-hybridized carbons (Fsp3) is 0.0909. The average Bonchev–Trinajstić information content (AvgIpc) is 2.72. The standard InChI is InChI=1S/C11H9N3O2/c1-15-10-9(7-12)14-11(16-10)13-8-5-3-2-4-6-8/h2-6H,1H3,(H,13,14). The van der Waals surface area contributed by atoms with Crippen LogP contribution in [0.4, 0.5) is 11.7 Å². The van der Waals surface area contributed by atoms with E-state index in [0.717, 1.165) is 5.69 Å². The molecule has 1 aromatic heterocycles. The lowest BCUT2D eigenvalue weighted by Crippen LogP contribution is -1.89. The molecule has 0 saturated carbocycles. The van der Waals surface area contributed by atoms with Gasteiger partial charge in [-0.15, -0.1) is 0 Å². The molecule has 0 bridgehead atoms. The number of hydrogen-bond acceptors (Lipinski definition) is 5. The Bertz CT molecular complexity index is 514. The monoisotopic (exact) mass is 215 g/mol. The van der Waals surface area contributed by atoms with Crippen LogP contribution in [0.5, 0.6) is 5.95 Å². The number of nitriles is 1.